The number of hydrogen-bond donors (Lipinski definition) is 0. The number of rotatable bonds is 3. The molecule has 2 aromatic rings. The Kier molecular flexibility index (Phi) is 3.78. The second-order valence-electron chi connectivity index (χ2n) is 3.43. The first-order valence-electron chi connectivity index (χ1n) is 5.03. The van der Waals surface area contributed by atoms with E-state index >= 15 is 0 Å². The fourth-order valence-electron chi connectivity index (χ4n) is 1.37. The Morgan fingerprint density at radius 3 is 2.83 bits per heavy atom. The van der Waals surface area contributed by atoms with Crippen molar-refractivity contribution in [3.63, 3.8) is 0 Å². The van der Waals surface area contributed by atoms with Gasteiger partial charge >= 0.3 is 0 Å². The Morgan fingerprint density at radius 1 is 1.44 bits per heavy atom. The van der Waals surface area contributed by atoms with Crippen molar-refractivity contribution < 1.29 is 9.53 Å². The van der Waals surface area contributed by atoms with Gasteiger partial charge in [0.15, 0.2) is 0 Å². The van der Waals surface area contributed by atoms with Gasteiger partial charge in [-0.3, -0.25) is 4.79 Å². The van der Waals surface area contributed by atoms with E-state index in [-0.39, 0.29) is 15.4 Å². The van der Waals surface area contributed by atoms with Crippen molar-refractivity contribution in [2.45, 2.75) is 0 Å². The minimum atomic E-state index is -0.257. The third-order valence-corrected chi connectivity index (χ3v) is 3.34. The quantitative estimate of drug-likeness (QED) is 0.868. The number of hydrogen-bond acceptors (Lipinski definition) is 5. The van der Waals surface area contributed by atoms with Crippen molar-refractivity contribution in [1.29, 1.82) is 0 Å². The van der Waals surface area contributed by atoms with Crippen molar-refractivity contribution in [2.75, 3.05) is 19.1 Å². The highest BCUT2D eigenvalue weighted by Crippen LogP contribution is 2.23. The monoisotopic (exact) mass is 283 g/mol. The van der Waals surface area contributed by atoms with Crippen LogP contribution >= 0.6 is 22.9 Å². The molecule has 1 aromatic carbocycles. The topological polar surface area (TPSA) is 55.3 Å². The molecule has 0 atom stereocenters. The van der Waals surface area contributed by atoms with E-state index in [2.05, 4.69) is 10.2 Å². The van der Waals surface area contributed by atoms with Crippen LogP contribution in [-0.2, 0) is 0 Å². The van der Waals surface area contributed by atoms with E-state index in [1.54, 1.807) is 20.2 Å². The first-order valence-corrected chi connectivity index (χ1v) is 6.22. The Labute approximate surface area is 113 Å². The molecule has 0 aliphatic heterocycles. The predicted octanol–water partition coefficient (Wildman–Crippen LogP) is 2.48. The van der Waals surface area contributed by atoms with E-state index in [9.17, 15) is 4.79 Å². The van der Waals surface area contributed by atoms with E-state index in [0.29, 0.717) is 11.4 Å². The summed E-state index contributed by atoms with van der Waals surface area (Å²) in [4.78, 5) is 13.6. The maximum atomic E-state index is 12.1. The molecular formula is C11H10ClN3O2S. The van der Waals surface area contributed by atoms with E-state index in [1.165, 1.54) is 4.90 Å². The molecule has 18 heavy (non-hydrogen) atoms. The summed E-state index contributed by atoms with van der Waals surface area (Å²) in [6.45, 7) is 0. The maximum Gasteiger partial charge on any atom is 0.289 e. The van der Waals surface area contributed by atoms with Gasteiger partial charge in [-0.2, -0.15) is 0 Å². The lowest BCUT2D eigenvalue weighted by atomic mass is 10.3. The number of carbonyl (C=O) groups is 1. The van der Waals surface area contributed by atoms with Gasteiger partial charge in [-0.25, -0.2) is 0 Å². The highest BCUT2D eigenvalue weighted by molar-refractivity contribution is 7.17. The van der Waals surface area contributed by atoms with Crippen LogP contribution in [0, 0.1) is 0 Å². The molecule has 0 bridgehead atoms. The summed E-state index contributed by atoms with van der Waals surface area (Å²) < 4.78 is 5.36. The van der Waals surface area contributed by atoms with Crippen molar-refractivity contribution >= 4 is 34.5 Å². The molecule has 0 saturated carbocycles. The molecule has 2 rings (SSSR count). The lowest BCUT2D eigenvalue weighted by Gasteiger charge is -2.16. The average Bonchev–Trinajstić information content (AvgIpc) is 2.83. The van der Waals surface area contributed by atoms with Crippen LogP contribution in [0.2, 0.25) is 4.47 Å². The van der Waals surface area contributed by atoms with Crippen LogP contribution in [0.4, 0.5) is 5.69 Å². The molecular weight excluding hydrogens is 274 g/mol. The molecule has 0 spiro atoms. The van der Waals surface area contributed by atoms with Gasteiger partial charge in [0.05, 0.1) is 7.11 Å². The number of carbonyl (C=O) groups excluding carboxylic acids is 1. The largest absolute Gasteiger partial charge is 0.497 e. The van der Waals surface area contributed by atoms with E-state index in [0.717, 1.165) is 11.3 Å². The number of methoxy groups -OCH3 is 1. The number of halogens is 1. The summed E-state index contributed by atoms with van der Waals surface area (Å²) in [5.74, 6) is 0.426. The van der Waals surface area contributed by atoms with E-state index in [4.69, 9.17) is 16.3 Å². The zero-order chi connectivity index (χ0) is 13.1. The zero-order valence-electron chi connectivity index (χ0n) is 9.75. The van der Waals surface area contributed by atoms with Gasteiger partial charge in [0, 0.05) is 18.8 Å². The molecule has 0 aliphatic rings. The van der Waals surface area contributed by atoms with Crippen molar-refractivity contribution in [1.82, 2.24) is 10.2 Å². The Bertz CT molecular complexity index is 573. The SMILES string of the molecule is COc1cccc(N(C)C(=O)c2nnc(Cl)s2)c1. The average molecular weight is 284 g/mol. The summed E-state index contributed by atoms with van der Waals surface area (Å²) in [6.07, 6.45) is 0. The van der Waals surface area contributed by atoms with Crippen LogP contribution in [0.1, 0.15) is 9.80 Å². The Balaban J connectivity index is 2.25. The number of aromatic nitrogens is 2. The van der Waals surface area contributed by atoms with Gasteiger partial charge in [0.1, 0.15) is 5.75 Å². The summed E-state index contributed by atoms with van der Waals surface area (Å²) >= 11 is 6.71. The predicted molar refractivity (Wildman–Crippen MR) is 70.6 cm³/mol. The highest BCUT2D eigenvalue weighted by atomic mass is 35.5. The normalized spacial score (nSPS) is 10.2. The van der Waals surface area contributed by atoms with Crippen LogP contribution in [0.3, 0.4) is 0 Å². The molecule has 0 fully saturated rings. The first-order chi connectivity index (χ1) is 8.61. The zero-order valence-corrected chi connectivity index (χ0v) is 11.3. The molecule has 1 heterocycles. The van der Waals surface area contributed by atoms with E-state index < -0.39 is 0 Å². The molecule has 0 N–H and O–H groups in total. The van der Waals surface area contributed by atoms with Crippen LogP contribution < -0.4 is 9.64 Å². The summed E-state index contributed by atoms with van der Waals surface area (Å²) in [7, 11) is 3.23. The molecule has 0 radical (unpaired) electrons. The van der Waals surface area contributed by atoms with Gasteiger partial charge in [0.25, 0.3) is 5.91 Å². The number of nitrogens with zero attached hydrogens (tertiary/aromatic N) is 3. The number of amides is 1. The molecule has 0 unspecified atom stereocenters. The van der Waals surface area contributed by atoms with E-state index in [1.807, 2.05) is 18.2 Å². The third kappa shape index (κ3) is 2.60. The van der Waals surface area contributed by atoms with Crippen molar-refractivity contribution in [3.05, 3.63) is 33.7 Å². The minimum absolute atomic E-state index is 0.248. The molecule has 1 amide bonds. The van der Waals surface area contributed by atoms with Gasteiger partial charge in [-0.15, -0.1) is 10.2 Å². The van der Waals surface area contributed by atoms with Crippen LogP contribution in [0.5, 0.6) is 5.75 Å². The lowest BCUT2D eigenvalue weighted by molar-refractivity contribution is 0.0992. The smallest absolute Gasteiger partial charge is 0.289 e. The maximum absolute atomic E-state index is 12.1. The second-order valence-corrected chi connectivity index (χ2v) is 4.99. The first kappa shape index (κ1) is 12.8. The minimum Gasteiger partial charge on any atom is -0.497 e. The van der Waals surface area contributed by atoms with Gasteiger partial charge < -0.3 is 9.64 Å². The Hall–Kier alpha value is -1.66. The van der Waals surface area contributed by atoms with Crippen molar-refractivity contribution in [2.24, 2.45) is 0 Å². The number of anilines is 1. The Morgan fingerprint density at radius 2 is 2.22 bits per heavy atom. The lowest BCUT2D eigenvalue weighted by Crippen LogP contribution is -2.26. The summed E-state index contributed by atoms with van der Waals surface area (Å²) in [6, 6.07) is 7.19. The van der Waals surface area contributed by atoms with Crippen LogP contribution in [-0.4, -0.2) is 30.3 Å². The fourth-order valence-corrected chi connectivity index (χ4v) is 2.18. The standard InChI is InChI=1S/C11H10ClN3O2S/c1-15(7-4-3-5-8(6-7)17-2)10(16)9-13-14-11(12)18-9/h3-6H,1-2H3. The molecule has 5 nitrogen and oxygen atoms in total. The summed E-state index contributed by atoms with van der Waals surface area (Å²) in [5.41, 5.74) is 0.714. The molecule has 94 valence electrons. The molecule has 1 aromatic heterocycles. The molecule has 0 saturated heterocycles. The van der Waals surface area contributed by atoms with Gasteiger partial charge in [-0.05, 0) is 23.7 Å². The number of ether oxygens (including phenoxy) is 1. The van der Waals surface area contributed by atoms with Crippen molar-refractivity contribution in [3.8, 4) is 5.75 Å². The van der Waals surface area contributed by atoms with Crippen LogP contribution in [0.15, 0.2) is 24.3 Å². The fraction of sp³-hybridized carbons (Fsp3) is 0.182. The summed E-state index contributed by atoms with van der Waals surface area (Å²) in [5, 5.41) is 7.58. The van der Waals surface area contributed by atoms with Crippen LogP contribution in [0.25, 0.3) is 0 Å². The third-order valence-electron chi connectivity index (χ3n) is 2.33. The number of benzene rings is 1. The highest BCUT2D eigenvalue weighted by Gasteiger charge is 2.18. The second kappa shape index (κ2) is 5.32. The van der Waals surface area contributed by atoms with Gasteiger partial charge in [0.2, 0.25) is 9.47 Å². The van der Waals surface area contributed by atoms with Gasteiger partial charge in [-0.1, -0.05) is 17.4 Å². The molecule has 7 heteroatoms. The molecule has 0 aliphatic carbocycles.